The van der Waals surface area contributed by atoms with Crippen LogP contribution < -0.4 is 10.5 Å². The van der Waals surface area contributed by atoms with Gasteiger partial charge in [-0.1, -0.05) is 6.07 Å². The second-order valence-electron chi connectivity index (χ2n) is 4.04. The number of carbonyl (C=O) groups excluding carboxylic acids is 1. The monoisotopic (exact) mass is 256 g/mol. The average Bonchev–Trinajstić information content (AvgIpc) is 2.20. The van der Waals surface area contributed by atoms with Gasteiger partial charge in [0.2, 0.25) is 15.9 Å². The van der Waals surface area contributed by atoms with Crippen molar-refractivity contribution in [2.24, 2.45) is 5.73 Å². The summed E-state index contributed by atoms with van der Waals surface area (Å²) in [6.45, 7) is 4.81. The zero-order valence-corrected chi connectivity index (χ0v) is 10.8. The first kappa shape index (κ1) is 13.5. The van der Waals surface area contributed by atoms with E-state index in [2.05, 4.69) is 4.72 Å². The molecule has 5 nitrogen and oxygen atoms in total. The van der Waals surface area contributed by atoms with Gasteiger partial charge in [-0.2, -0.15) is 0 Å². The van der Waals surface area contributed by atoms with Crippen molar-refractivity contribution < 1.29 is 13.2 Å². The molecule has 0 aromatic heterocycles. The SMILES string of the molecule is Cc1c(NS(=O)(=O)C(C)C)cccc1C(N)=O. The van der Waals surface area contributed by atoms with Crippen molar-refractivity contribution >= 4 is 21.6 Å². The quantitative estimate of drug-likeness (QED) is 0.849. The van der Waals surface area contributed by atoms with E-state index in [0.717, 1.165) is 0 Å². The number of primary amides is 1. The van der Waals surface area contributed by atoms with Gasteiger partial charge in [0.1, 0.15) is 0 Å². The molecule has 0 aliphatic heterocycles. The van der Waals surface area contributed by atoms with Crippen LogP contribution in [0.15, 0.2) is 18.2 Å². The highest BCUT2D eigenvalue weighted by molar-refractivity contribution is 7.93. The van der Waals surface area contributed by atoms with Crippen molar-refractivity contribution in [3.8, 4) is 0 Å². The molecule has 1 aromatic rings. The first-order chi connectivity index (χ1) is 7.75. The summed E-state index contributed by atoms with van der Waals surface area (Å²) in [6, 6.07) is 4.75. The van der Waals surface area contributed by atoms with Gasteiger partial charge in [-0.3, -0.25) is 9.52 Å². The minimum absolute atomic E-state index is 0.314. The molecule has 0 spiro atoms. The minimum Gasteiger partial charge on any atom is -0.366 e. The normalized spacial score (nSPS) is 11.5. The highest BCUT2D eigenvalue weighted by Crippen LogP contribution is 2.20. The van der Waals surface area contributed by atoms with E-state index in [9.17, 15) is 13.2 Å². The van der Waals surface area contributed by atoms with Gasteiger partial charge in [-0.25, -0.2) is 8.42 Å². The molecule has 0 radical (unpaired) electrons. The summed E-state index contributed by atoms with van der Waals surface area (Å²) in [5.74, 6) is -0.576. The number of nitrogens with two attached hydrogens (primary N) is 1. The van der Waals surface area contributed by atoms with Crippen LogP contribution in [0.25, 0.3) is 0 Å². The Morgan fingerprint density at radius 3 is 2.41 bits per heavy atom. The molecule has 1 amide bonds. The Morgan fingerprint density at radius 2 is 1.94 bits per heavy atom. The fourth-order valence-corrected chi connectivity index (χ4v) is 2.05. The number of rotatable bonds is 4. The van der Waals surface area contributed by atoms with Crippen molar-refractivity contribution in [1.82, 2.24) is 0 Å². The fourth-order valence-electron chi connectivity index (χ4n) is 1.28. The summed E-state index contributed by atoms with van der Waals surface area (Å²) in [6.07, 6.45) is 0. The lowest BCUT2D eigenvalue weighted by molar-refractivity contribution is 0.0999. The number of carbonyl (C=O) groups is 1. The molecule has 1 rings (SSSR count). The Bertz CT molecular complexity index is 536. The molecule has 0 saturated heterocycles. The van der Waals surface area contributed by atoms with Gasteiger partial charge in [0.15, 0.2) is 0 Å². The van der Waals surface area contributed by atoms with E-state index in [1.807, 2.05) is 0 Å². The number of anilines is 1. The van der Waals surface area contributed by atoms with Gasteiger partial charge < -0.3 is 5.73 Å². The smallest absolute Gasteiger partial charge is 0.249 e. The van der Waals surface area contributed by atoms with E-state index < -0.39 is 21.2 Å². The maximum atomic E-state index is 11.7. The molecular formula is C11H16N2O3S. The molecule has 0 aliphatic carbocycles. The van der Waals surface area contributed by atoms with E-state index in [1.165, 1.54) is 0 Å². The van der Waals surface area contributed by atoms with Crippen LogP contribution in [-0.2, 0) is 10.0 Å². The van der Waals surface area contributed by atoms with E-state index in [-0.39, 0.29) is 0 Å². The highest BCUT2D eigenvalue weighted by atomic mass is 32.2. The molecular weight excluding hydrogens is 240 g/mol. The van der Waals surface area contributed by atoms with Crippen LogP contribution in [-0.4, -0.2) is 19.6 Å². The first-order valence-electron chi connectivity index (χ1n) is 5.16. The summed E-state index contributed by atoms with van der Waals surface area (Å²) >= 11 is 0. The minimum atomic E-state index is -3.42. The Kier molecular flexibility index (Phi) is 3.77. The van der Waals surface area contributed by atoms with Gasteiger partial charge >= 0.3 is 0 Å². The first-order valence-corrected chi connectivity index (χ1v) is 6.71. The van der Waals surface area contributed by atoms with Crippen LogP contribution in [0.5, 0.6) is 0 Å². The van der Waals surface area contributed by atoms with Gasteiger partial charge in [-0.05, 0) is 38.5 Å². The second kappa shape index (κ2) is 4.75. The van der Waals surface area contributed by atoms with Gasteiger partial charge in [0.25, 0.3) is 0 Å². The topological polar surface area (TPSA) is 89.3 Å². The third-order valence-electron chi connectivity index (χ3n) is 2.47. The number of hydrogen-bond acceptors (Lipinski definition) is 3. The van der Waals surface area contributed by atoms with Gasteiger partial charge in [-0.15, -0.1) is 0 Å². The number of hydrogen-bond donors (Lipinski definition) is 2. The maximum absolute atomic E-state index is 11.7. The van der Waals surface area contributed by atoms with Crippen LogP contribution in [0.2, 0.25) is 0 Å². The van der Waals surface area contributed by atoms with Crippen LogP contribution in [0.4, 0.5) is 5.69 Å². The van der Waals surface area contributed by atoms with Crippen molar-refractivity contribution in [1.29, 1.82) is 0 Å². The van der Waals surface area contributed by atoms with Crippen molar-refractivity contribution in [2.45, 2.75) is 26.0 Å². The average molecular weight is 256 g/mol. The number of amides is 1. The predicted octanol–water partition coefficient (Wildman–Crippen LogP) is 1.24. The molecule has 0 bridgehead atoms. The predicted molar refractivity (Wildman–Crippen MR) is 67.4 cm³/mol. The van der Waals surface area contributed by atoms with Crippen LogP contribution in [0.3, 0.4) is 0 Å². The fraction of sp³-hybridized carbons (Fsp3) is 0.364. The standard InChI is InChI=1S/C11H16N2O3S/c1-7(2)17(15,16)13-10-6-4-5-9(8(10)3)11(12)14/h4-7,13H,1-3H3,(H2,12,14). The molecule has 0 aliphatic rings. The summed E-state index contributed by atoms with van der Waals surface area (Å²) in [7, 11) is -3.42. The Balaban J connectivity index is 3.18. The van der Waals surface area contributed by atoms with Gasteiger partial charge in [0, 0.05) is 5.56 Å². The number of sulfonamides is 1. The third kappa shape index (κ3) is 2.97. The van der Waals surface area contributed by atoms with Crippen molar-refractivity contribution in [2.75, 3.05) is 4.72 Å². The lowest BCUT2D eigenvalue weighted by atomic mass is 10.1. The Hall–Kier alpha value is -1.56. The molecule has 1 aromatic carbocycles. The lowest BCUT2D eigenvalue weighted by Crippen LogP contribution is -2.23. The molecule has 17 heavy (non-hydrogen) atoms. The zero-order chi connectivity index (χ0) is 13.2. The molecule has 0 atom stereocenters. The highest BCUT2D eigenvalue weighted by Gasteiger charge is 2.18. The second-order valence-corrected chi connectivity index (χ2v) is 6.28. The lowest BCUT2D eigenvalue weighted by Gasteiger charge is -2.14. The van der Waals surface area contributed by atoms with E-state index in [1.54, 1.807) is 39.0 Å². The summed E-state index contributed by atoms with van der Waals surface area (Å²) < 4.78 is 25.9. The van der Waals surface area contributed by atoms with E-state index in [0.29, 0.717) is 16.8 Å². The maximum Gasteiger partial charge on any atom is 0.249 e. The third-order valence-corrected chi connectivity index (χ3v) is 4.22. The van der Waals surface area contributed by atoms with Crippen LogP contribution in [0, 0.1) is 6.92 Å². The molecule has 0 fully saturated rings. The summed E-state index contributed by atoms with van der Waals surface area (Å²) in [5.41, 5.74) is 6.42. The van der Waals surface area contributed by atoms with Crippen molar-refractivity contribution in [3.63, 3.8) is 0 Å². The summed E-state index contributed by atoms with van der Waals surface area (Å²) in [4.78, 5) is 11.1. The largest absolute Gasteiger partial charge is 0.366 e. The Labute approximate surface area is 101 Å². The Morgan fingerprint density at radius 1 is 1.35 bits per heavy atom. The van der Waals surface area contributed by atoms with E-state index in [4.69, 9.17) is 5.73 Å². The molecule has 94 valence electrons. The number of nitrogens with one attached hydrogen (secondary N) is 1. The number of benzene rings is 1. The van der Waals surface area contributed by atoms with Crippen LogP contribution >= 0.6 is 0 Å². The molecule has 0 saturated carbocycles. The molecule has 3 N–H and O–H groups in total. The molecule has 0 heterocycles. The van der Waals surface area contributed by atoms with Gasteiger partial charge in [0.05, 0.1) is 10.9 Å². The van der Waals surface area contributed by atoms with Crippen molar-refractivity contribution in [3.05, 3.63) is 29.3 Å². The van der Waals surface area contributed by atoms with Crippen LogP contribution in [0.1, 0.15) is 29.8 Å². The van der Waals surface area contributed by atoms with E-state index >= 15 is 0 Å². The summed E-state index contributed by atoms with van der Waals surface area (Å²) in [5, 5.41) is -0.542. The zero-order valence-electron chi connectivity index (χ0n) is 10.0. The molecule has 0 unspecified atom stereocenters. The molecule has 6 heteroatoms.